The van der Waals surface area contributed by atoms with Gasteiger partial charge in [0.25, 0.3) is 0 Å². The number of hydrogen-bond donors (Lipinski definition) is 1. The molecule has 1 fully saturated rings. The molecule has 0 radical (unpaired) electrons. The minimum Gasteiger partial charge on any atom is -0.486 e. The lowest BCUT2D eigenvalue weighted by Gasteiger charge is -2.26. The number of fused-ring (bicyclic) bond motifs is 1. The summed E-state index contributed by atoms with van der Waals surface area (Å²) in [5, 5.41) is 3.12. The first-order chi connectivity index (χ1) is 13.2. The molecular formula is C22H26N2O3. The van der Waals surface area contributed by atoms with E-state index in [1.807, 2.05) is 43.3 Å². The lowest BCUT2D eigenvalue weighted by molar-refractivity contribution is -0.123. The summed E-state index contributed by atoms with van der Waals surface area (Å²) in [5.74, 6) is 1.69. The summed E-state index contributed by atoms with van der Waals surface area (Å²) >= 11 is 0. The number of likely N-dealkylation sites (tertiary alicyclic amines) is 1. The number of hydrogen-bond acceptors (Lipinski definition) is 4. The third-order valence-corrected chi connectivity index (χ3v) is 5.34. The Morgan fingerprint density at radius 2 is 1.93 bits per heavy atom. The van der Waals surface area contributed by atoms with E-state index < -0.39 is 0 Å². The molecule has 0 aliphatic carbocycles. The second kappa shape index (κ2) is 8.01. The summed E-state index contributed by atoms with van der Waals surface area (Å²) in [7, 11) is 0. The largest absolute Gasteiger partial charge is 0.486 e. The number of ether oxygens (including phenoxy) is 2. The van der Waals surface area contributed by atoms with E-state index >= 15 is 0 Å². The molecule has 142 valence electrons. The van der Waals surface area contributed by atoms with Crippen LogP contribution in [-0.4, -0.2) is 37.1 Å². The van der Waals surface area contributed by atoms with Crippen molar-refractivity contribution in [2.24, 2.45) is 0 Å². The van der Waals surface area contributed by atoms with Crippen molar-refractivity contribution in [3.63, 3.8) is 0 Å². The molecule has 2 heterocycles. The monoisotopic (exact) mass is 366 g/mol. The molecule has 0 aromatic heterocycles. The molecule has 1 amide bonds. The molecule has 2 aromatic rings. The average molecular weight is 366 g/mol. The normalized spacial score (nSPS) is 20.3. The second-order valence-electron chi connectivity index (χ2n) is 7.23. The Labute approximate surface area is 160 Å². The Morgan fingerprint density at radius 1 is 1.15 bits per heavy atom. The van der Waals surface area contributed by atoms with Crippen LogP contribution in [0.1, 0.15) is 43.0 Å². The zero-order valence-electron chi connectivity index (χ0n) is 15.7. The molecule has 2 atom stereocenters. The minimum absolute atomic E-state index is 0.00838. The first-order valence-corrected chi connectivity index (χ1v) is 9.68. The number of carbonyl (C=O) groups is 1. The van der Waals surface area contributed by atoms with Gasteiger partial charge >= 0.3 is 0 Å². The number of nitrogens with zero attached hydrogens (tertiary/aromatic N) is 1. The van der Waals surface area contributed by atoms with Gasteiger partial charge in [0.1, 0.15) is 13.2 Å². The van der Waals surface area contributed by atoms with Gasteiger partial charge in [0.05, 0.1) is 12.6 Å². The molecule has 27 heavy (non-hydrogen) atoms. The molecule has 4 rings (SSSR count). The Morgan fingerprint density at radius 3 is 2.74 bits per heavy atom. The van der Waals surface area contributed by atoms with E-state index in [4.69, 9.17) is 9.47 Å². The van der Waals surface area contributed by atoms with Crippen LogP contribution in [-0.2, 0) is 4.79 Å². The van der Waals surface area contributed by atoms with Gasteiger partial charge in [-0.25, -0.2) is 0 Å². The number of benzene rings is 2. The van der Waals surface area contributed by atoms with E-state index in [2.05, 4.69) is 22.3 Å². The Bertz CT molecular complexity index is 793. The highest BCUT2D eigenvalue weighted by Gasteiger charge is 2.29. The van der Waals surface area contributed by atoms with Gasteiger partial charge in [0.2, 0.25) is 5.91 Å². The summed E-state index contributed by atoms with van der Waals surface area (Å²) in [6, 6.07) is 16.5. The van der Waals surface area contributed by atoms with Crippen molar-refractivity contribution in [1.82, 2.24) is 10.2 Å². The molecule has 0 unspecified atom stereocenters. The molecule has 0 bridgehead atoms. The highest BCUT2D eigenvalue weighted by atomic mass is 16.6. The van der Waals surface area contributed by atoms with Crippen molar-refractivity contribution in [3.05, 3.63) is 59.7 Å². The summed E-state index contributed by atoms with van der Waals surface area (Å²) in [4.78, 5) is 14.9. The maximum absolute atomic E-state index is 12.6. The lowest BCUT2D eigenvalue weighted by Crippen LogP contribution is -2.38. The fraction of sp³-hybridized carbons (Fsp3) is 0.409. The number of carbonyl (C=O) groups excluding carboxylic acids is 1. The van der Waals surface area contributed by atoms with Gasteiger partial charge in [-0.05, 0) is 49.6 Å². The van der Waals surface area contributed by atoms with Crippen molar-refractivity contribution in [2.45, 2.75) is 31.8 Å². The topological polar surface area (TPSA) is 50.8 Å². The van der Waals surface area contributed by atoms with Crippen LogP contribution in [0.2, 0.25) is 0 Å². The average Bonchev–Trinajstić information content (AvgIpc) is 3.16. The van der Waals surface area contributed by atoms with Gasteiger partial charge in [0.15, 0.2) is 11.5 Å². The third kappa shape index (κ3) is 4.08. The highest BCUT2D eigenvalue weighted by molar-refractivity contribution is 5.78. The van der Waals surface area contributed by atoms with Crippen LogP contribution in [0.15, 0.2) is 48.5 Å². The van der Waals surface area contributed by atoms with Gasteiger partial charge < -0.3 is 14.8 Å². The van der Waals surface area contributed by atoms with Crippen molar-refractivity contribution in [2.75, 3.05) is 26.3 Å². The van der Waals surface area contributed by atoms with Gasteiger partial charge in [-0.15, -0.1) is 0 Å². The maximum Gasteiger partial charge on any atom is 0.234 e. The summed E-state index contributed by atoms with van der Waals surface area (Å²) in [6.45, 7) is 4.56. The molecular weight excluding hydrogens is 340 g/mol. The fourth-order valence-corrected chi connectivity index (χ4v) is 3.96. The van der Waals surface area contributed by atoms with Crippen molar-refractivity contribution < 1.29 is 14.3 Å². The van der Waals surface area contributed by atoms with Gasteiger partial charge in [-0.2, -0.15) is 0 Å². The minimum atomic E-state index is 0.00838. The zero-order chi connectivity index (χ0) is 18.6. The van der Waals surface area contributed by atoms with Crippen LogP contribution in [0.5, 0.6) is 11.5 Å². The number of amides is 1. The predicted molar refractivity (Wildman–Crippen MR) is 104 cm³/mol. The first kappa shape index (κ1) is 17.9. The summed E-state index contributed by atoms with van der Waals surface area (Å²) < 4.78 is 11.3. The van der Waals surface area contributed by atoms with Crippen molar-refractivity contribution >= 4 is 5.91 Å². The highest BCUT2D eigenvalue weighted by Crippen LogP contribution is 2.37. The van der Waals surface area contributed by atoms with Crippen LogP contribution in [0.25, 0.3) is 0 Å². The van der Waals surface area contributed by atoms with E-state index in [1.165, 1.54) is 5.56 Å². The standard InChI is InChI=1S/C22H26N2O3/c1-16(17-6-3-2-4-7-17)23-22(25)15-24-11-5-8-19(24)18-9-10-20-21(14-18)27-13-12-26-20/h2-4,6-7,9-10,14,16,19H,5,8,11-13,15H2,1H3,(H,23,25)/t16-,19-/m1/s1. The smallest absolute Gasteiger partial charge is 0.234 e. The van der Waals surface area contributed by atoms with Crippen LogP contribution in [0, 0.1) is 0 Å². The van der Waals surface area contributed by atoms with Crippen LogP contribution in [0.4, 0.5) is 0 Å². The van der Waals surface area contributed by atoms with Crippen LogP contribution >= 0.6 is 0 Å². The maximum atomic E-state index is 12.6. The zero-order valence-corrected chi connectivity index (χ0v) is 15.7. The molecule has 0 saturated carbocycles. The Kier molecular flexibility index (Phi) is 5.30. The lowest BCUT2D eigenvalue weighted by atomic mass is 10.0. The summed E-state index contributed by atoms with van der Waals surface area (Å²) in [6.07, 6.45) is 2.15. The van der Waals surface area contributed by atoms with E-state index in [1.54, 1.807) is 0 Å². The summed E-state index contributed by atoms with van der Waals surface area (Å²) in [5.41, 5.74) is 2.32. The third-order valence-electron chi connectivity index (χ3n) is 5.34. The van der Waals surface area contributed by atoms with Crippen molar-refractivity contribution in [1.29, 1.82) is 0 Å². The Balaban J connectivity index is 1.40. The quantitative estimate of drug-likeness (QED) is 0.880. The predicted octanol–water partition coefficient (Wildman–Crippen LogP) is 3.47. The van der Waals surface area contributed by atoms with E-state index in [-0.39, 0.29) is 18.0 Å². The van der Waals surface area contributed by atoms with E-state index in [9.17, 15) is 4.79 Å². The molecule has 1 saturated heterocycles. The second-order valence-corrected chi connectivity index (χ2v) is 7.23. The molecule has 1 N–H and O–H groups in total. The van der Waals surface area contributed by atoms with E-state index in [0.717, 1.165) is 36.4 Å². The SMILES string of the molecule is C[C@@H](NC(=O)CN1CCC[C@@H]1c1ccc2c(c1)OCCO2)c1ccccc1. The van der Waals surface area contributed by atoms with Gasteiger partial charge in [-0.1, -0.05) is 36.4 Å². The molecule has 0 spiro atoms. The molecule has 2 aliphatic rings. The number of rotatable bonds is 5. The number of nitrogens with one attached hydrogen (secondary N) is 1. The Hall–Kier alpha value is -2.53. The van der Waals surface area contributed by atoms with Gasteiger partial charge in [0, 0.05) is 6.04 Å². The van der Waals surface area contributed by atoms with Crippen molar-refractivity contribution in [3.8, 4) is 11.5 Å². The molecule has 2 aromatic carbocycles. The molecule has 5 heteroatoms. The van der Waals surface area contributed by atoms with Crippen LogP contribution in [0.3, 0.4) is 0 Å². The molecule has 2 aliphatic heterocycles. The van der Waals surface area contributed by atoms with Crippen LogP contribution < -0.4 is 14.8 Å². The first-order valence-electron chi connectivity index (χ1n) is 9.68. The van der Waals surface area contributed by atoms with Gasteiger partial charge in [-0.3, -0.25) is 9.69 Å². The molecule has 5 nitrogen and oxygen atoms in total. The fourth-order valence-electron chi connectivity index (χ4n) is 3.96. The van der Waals surface area contributed by atoms with E-state index in [0.29, 0.717) is 19.8 Å².